The zero-order valence-electron chi connectivity index (χ0n) is 13.5. The van der Waals surface area contributed by atoms with Crippen molar-refractivity contribution in [3.8, 4) is 0 Å². The number of amides is 1. The van der Waals surface area contributed by atoms with Crippen molar-refractivity contribution in [2.75, 3.05) is 18.8 Å². The van der Waals surface area contributed by atoms with Crippen molar-refractivity contribution in [2.24, 2.45) is 5.92 Å². The highest BCUT2D eigenvalue weighted by atomic mass is 32.2. The highest BCUT2D eigenvalue weighted by Gasteiger charge is 2.46. The van der Waals surface area contributed by atoms with Crippen LogP contribution in [-0.2, 0) is 21.4 Å². The fourth-order valence-corrected chi connectivity index (χ4v) is 5.12. The third-order valence-electron chi connectivity index (χ3n) is 4.97. The second-order valence-electron chi connectivity index (χ2n) is 6.31. The van der Waals surface area contributed by atoms with E-state index < -0.39 is 10.0 Å². The summed E-state index contributed by atoms with van der Waals surface area (Å²) in [6.07, 6.45) is 4.64. The largest absolute Gasteiger partial charge is 0.335 e. The molecule has 3 heterocycles. The molecule has 0 aliphatic carbocycles. The van der Waals surface area contributed by atoms with Crippen LogP contribution < -0.4 is 0 Å². The third-order valence-corrected chi connectivity index (χ3v) is 6.82. The number of carbonyl (C=O) groups is 1. The molecular formula is C14H23N5O3S. The second kappa shape index (κ2) is 6.20. The molecule has 0 radical (unpaired) electrons. The standard InChI is InChI=1S/C14H23N5O3S/c1-3-23(21,22)18-5-4-14-12(7-18)6-13(19(14)11(2)20)8-17-10-15-9-16-17/h9-10,12-14H,3-8H2,1-2H3/t12-,13+,14+/m0/s1. The van der Waals surface area contributed by atoms with E-state index in [0.29, 0.717) is 26.1 Å². The van der Waals surface area contributed by atoms with E-state index in [0.717, 1.165) is 6.42 Å². The van der Waals surface area contributed by atoms with E-state index >= 15 is 0 Å². The first-order chi connectivity index (χ1) is 10.9. The summed E-state index contributed by atoms with van der Waals surface area (Å²) < 4.78 is 27.6. The van der Waals surface area contributed by atoms with Crippen molar-refractivity contribution < 1.29 is 13.2 Å². The van der Waals surface area contributed by atoms with Gasteiger partial charge in [0.25, 0.3) is 0 Å². The molecule has 0 aromatic carbocycles. The lowest BCUT2D eigenvalue weighted by atomic mass is 9.93. The summed E-state index contributed by atoms with van der Waals surface area (Å²) in [5.41, 5.74) is 0. The molecule has 3 atom stereocenters. The lowest BCUT2D eigenvalue weighted by molar-refractivity contribution is -0.132. The Balaban J connectivity index is 1.77. The van der Waals surface area contributed by atoms with E-state index in [2.05, 4.69) is 10.1 Å². The minimum atomic E-state index is -3.16. The Kier molecular flexibility index (Phi) is 4.41. The van der Waals surface area contributed by atoms with Gasteiger partial charge in [-0.2, -0.15) is 5.10 Å². The number of aromatic nitrogens is 3. The van der Waals surface area contributed by atoms with Gasteiger partial charge in [-0.1, -0.05) is 0 Å². The minimum Gasteiger partial charge on any atom is -0.335 e. The zero-order valence-corrected chi connectivity index (χ0v) is 14.3. The average molecular weight is 341 g/mol. The fraction of sp³-hybridized carbons (Fsp3) is 0.786. The maximum absolute atomic E-state index is 12.1. The highest BCUT2D eigenvalue weighted by Crippen LogP contribution is 2.37. The van der Waals surface area contributed by atoms with Gasteiger partial charge in [-0.15, -0.1) is 0 Å². The molecule has 1 aromatic heterocycles. The highest BCUT2D eigenvalue weighted by molar-refractivity contribution is 7.89. The van der Waals surface area contributed by atoms with Crippen molar-refractivity contribution in [1.29, 1.82) is 0 Å². The minimum absolute atomic E-state index is 0.0495. The van der Waals surface area contributed by atoms with Crippen molar-refractivity contribution in [3.63, 3.8) is 0 Å². The van der Waals surface area contributed by atoms with Gasteiger partial charge in [0.05, 0.1) is 18.3 Å². The molecule has 2 fully saturated rings. The maximum Gasteiger partial charge on any atom is 0.220 e. The van der Waals surface area contributed by atoms with E-state index in [9.17, 15) is 13.2 Å². The molecule has 0 unspecified atom stereocenters. The molecule has 0 N–H and O–H groups in total. The Hall–Kier alpha value is -1.48. The summed E-state index contributed by atoms with van der Waals surface area (Å²) in [6.45, 7) is 4.88. The Bertz CT molecular complexity index is 660. The van der Waals surface area contributed by atoms with Crippen molar-refractivity contribution in [1.82, 2.24) is 24.0 Å². The van der Waals surface area contributed by atoms with Crippen molar-refractivity contribution in [2.45, 2.75) is 45.3 Å². The van der Waals surface area contributed by atoms with Crippen LogP contribution in [-0.4, -0.2) is 69.2 Å². The topological polar surface area (TPSA) is 88.4 Å². The van der Waals surface area contributed by atoms with Crippen LogP contribution in [0, 0.1) is 5.92 Å². The molecule has 128 valence electrons. The number of piperidine rings is 1. The number of hydrogen-bond donors (Lipinski definition) is 0. The van der Waals surface area contributed by atoms with E-state index in [4.69, 9.17) is 0 Å². The van der Waals surface area contributed by atoms with Crippen LogP contribution in [0.25, 0.3) is 0 Å². The van der Waals surface area contributed by atoms with Gasteiger partial charge in [0, 0.05) is 26.1 Å². The predicted molar refractivity (Wildman–Crippen MR) is 83.9 cm³/mol. The number of hydrogen-bond acceptors (Lipinski definition) is 5. The van der Waals surface area contributed by atoms with Gasteiger partial charge in [-0.05, 0) is 25.7 Å². The lowest BCUT2D eigenvalue weighted by Gasteiger charge is -2.37. The smallest absolute Gasteiger partial charge is 0.220 e. The Labute approximate surface area is 136 Å². The summed E-state index contributed by atoms with van der Waals surface area (Å²) in [5.74, 6) is 0.375. The van der Waals surface area contributed by atoms with Crippen LogP contribution in [0.15, 0.2) is 12.7 Å². The molecule has 0 bridgehead atoms. The summed E-state index contributed by atoms with van der Waals surface area (Å²) >= 11 is 0. The fourth-order valence-electron chi connectivity index (χ4n) is 3.95. The van der Waals surface area contributed by atoms with Gasteiger partial charge in [-0.25, -0.2) is 17.7 Å². The van der Waals surface area contributed by atoms with Crippen molar-refractivity contribution >= 4 is 15.9 Å². The molecule has 23 heavy (non-hydrogen) atoms. The van der Waals surface area contributed by atoms with Gasteiger partial charge in [0.1, 0.15) is 12.7 Å². The number of nitrogens with zero attached hydrogens (tertiary/aromatic N) is 5. The number of sulfonamides is 1. The van der Waals surface area contributed by atoms with Crippen LogP contribution in [0.2, 0.25) is 0 Å². The number of carbonyl (C=O) groups excluding carboxylic acids is 1. The van der Waals surface area contributed by atoms with Crippen LogP contribution in [0.1, 0.15) is 26.7 Å². The van der Waals surface area contributed by atoms with E-state index in [1.54, 1.807) is 29.2 Å². The monoisotopic (exact) mass is 341 g/mol. The molecule has 1 aromatic rings. The number of fused-ring (bicyclic) bond motifs is 1. The SMILES string of the molecule is CCS(=O)(=O)N1CC[C@@H]2[C@@H](C[C@H](Cn3cncn3)N2C(C)=O)C1. The molecule has 0 spiro atoms. The van der Waals surface area contributed by atoms with E-state index in [1.807, 2.05) is 4.90 Å². The Morgan fingerprint density at radius 2 is 2.17 bits per heavy atom. The van der Waals surface area contributed by atoms with E-state index in [1.165, 1.54) is 6.33 Å². The van der Waals surface area contributed by atoms with E-state index in [-0.39, 0.29) is 29.7 Å². The first-order valence-electron chi connectivity index (χ1n) is 8.01. The zero-order chi connectivity index (χ0) is 16.6. The first-order valence-corrected chi connectivity index (χ1v) is 9.62. The number of likely N-dealkylation sites (tertiary alicyclic amines) is 1. The molecule has 2 aliphatic heterocycles. The summed E-state index contributed by atoms with van der Waals surface area (Å²) in [6, 6.07) is 0.179. The third kappa shape index (κ3) is 3.12. The molecule has 8 nitrogen and oxygen atoms in total. The van der Waals surface area contributed by atoms with Crippen molar-refractivity contribution in [3.05, 3.63) is 12.7 Å². The summed E-state index contributed by atoms with van der Waals surface area (Å²) in [4.78, 5) is 18.0. The van der Waals surface area contributed by atoms with Gasteiger partial charge in [0.2, 0.25) is 15.9 Å². The quantitative estimate of drug-likeness (QED) is 0.765. The Morgan fingerprint density at radius 1 is 1.39 bits per heavy atom. The van der Waals surface area contributed by atoms with Crippen LogP contribution in [0.5, 0.6) is 0 Å². The molecule has 1 amide bonds. The van der Waals surface area contributed by atoms with Crippen LogP contribution >= 0.6 is 0 Å². The molecule has 0 saturated carbocycles. The number of rotatable bonds is 4. The maximum atomic E-state index is 12.1. The van der Waals surface area contributed by atoms with Gasteiger partial charge >= 0.3 is 0 Å². The second-order valence-corrected chi connectivity index (χ2v) is 8.57. The van der Waals surface area contributed by atoms with Crippen LogP contribution in [0.3, 0.4) is 0 Å². The predicted octanol–water partition coefficient (Wildman–Crippen LogP) is -0.0609. The summed E-state index contributed by atoms with van der Waals surface area (Å²) in [7, 11) is -3.16. The summed E-state index contributed by atoms with van der Waals surface area (Å²) in [5, 5.41) is 4.12. The molecule has 3 rings (SSSR count). The van der Waals surface area contributed by atoms with Crippen LogP contribution in [0.4, 0.5) is 0 Å². The lowest BCUT2D eigenvalue weighted by Crippen LogP contribution is -2.50. The normalized spacial score (nSPS) is 28.8. The Morgan fingerprint density at radius 3 is 2.78 bits per heavy atom. The van der Waals surface area contributed by atoms with Gasteiger partial charge in [-0.3, -0.25) is 9.48 Å². The average Bonchev–Trinajstić information content (AvgIpc) is 3.13. The molecular weight excluding hydrogens is 318 g/mol. The molecule has 2 saturated heterocycles. The van der Waals surface area contributed by atoms with Gasteiger partial charge in [0.15, 0.2) is 0 Å². The molecule has 9 heteroatoms. The van der Waals surface area contributed by atoms with Gasteiger partial charge < -0.3 is 4.90 Å². The molecule has 2 aliphatic rings. The first kappa shape index (κ1) is 16.4.